The van der Waals surface area contributed by atoms with Crippen molar-refractivity contribution in [3.8, 4) is 11.8 Å². The Morgan fingerprint density at radius 2 is 2.14 bits per heavy atom. The van der Waals surface area contributed by atoms with Gasteiger partial charge in [0.1, 0.15) is 5.75 Å². The Hall–Kier alpha value is -2.46. The topological polar surface area (TPSA) is 116 Å². The summed E-state index contributed by atoms with van der Waals surface area (Å²) < 4.78 is 0. The van der Waals surface area contributed by atoms with Gasteiger partial charge in [0.2, 0.25) is 5.91 Å². The third-order valence-corrected chi connectivity index (χ3v) is 3.85. The molecule has 0 saturated carbocycles. The largest absolute Gasteiger partial charge is 0.508 e. The van der Waals surface area contributed by atoms with Gasteiger partial charge >= 0.3 is 0 Å². The second-order valence-corrected chi connectivity index (χ2v) is 5.49. The van der Waals surface area contributed by atoms with Gasteiger partial charge in [0.15, 0.2) is 0 Å². The van der Waals surface area contributed by atoms with Gasteiger partial charge in [0, 0.05) is 23.8 Å². The standard InChI is InChI=1S/C14H13N3O3S/c15-6-11-10(8-1-3-9(18)4-2-8)5-13(19)17-12(11)7-21-14(16)20/h1-4,10,18H,5,7H2,(H2,16,20)(H,17,19). The number of allylic oxidation sites excluding steroid dienone is 1. The number of hydrogen-bond acceptors (Lipinski definition) is 5. The van der Waals surface area contributed by atoms with Gasteiger partial charge in [-0.25, -0.2) is 0 Å². The molecule has 21 heavy (non-hydrogen) atoms. The molecule has 2 rings (SSSR count). The fourth-order valence-electron chi connectivity index (χ4n) is 2.18. The average molecular weight is 303 g/mol. The number of phenols is 1. The van der Waals surface area contributed by atoms with Crippen molar-refractivity contribution in [1.29, 1.82) is 5.26 Å². The van der Waals surface area contributed by atoms with Crippen molar-refractivity contribution in [2.45, 2.75) is 12.3 Å². The van der Waals surface area contributed by atoms with Crippen LogP contribution in [0, 0.1) is 11.3 Å². The number of aromatic hydroxyl groups is 1. The zero-order valence-corrected chi connectivity index (χ0v) is 11.8. The molecule has 0 spiro atoms. The molecule has 2 amide bonds. The Bertz CT molecular complexity index is 646. The zero-order valence-electron chi connectivity index (χ0n) is 11.0. The Morgan fingerprint density at radius 1 is 1.48 bits per heavy atom. The van der Waals surface area contributed by atoms with Gasteiger partial charge in [0.25, 0.3) is 5.24 Å². The second kappa shape index (κ2) is 6.33. The molecule has 1 atom stereocenters. The third-order valence-electron chi connectivity index (χ3n) is 3.13. The first-order valence-electron chi connectivity index (χ1n) is 6.15. The SMILES string of the molecule is N#CC1=C(CSC(N)=O)NC(=O)CC1c1ccc(O)cc1. The lowest BCUT2D eigenvalue weighted by Gasteiger charge is -2.25. The van der Waals surface area contributed by atoms with Gasteiger partial charge < -0.3 is 16.2 Å². The number of carbonyl (C=O) groups is 2. The minimum atomic E-state index is -0.569. The molecule has 1 aromatic carbocycles. The molecule has 0 radical (unpaired) electrons. The molecule has 0 bridgehead atoms. The van der Waals surface area contributed by atoms with Crippen molar-refractivity contribution in [3.63, 3.8) is 0 Å². The van der Waals surface area contributed by atoms with Crippen LogP contribution in [0.3, 0.4) is 0 Å². The summed E-state index contributed by atoms with van der Waals surface area (Å²) in [5.41, 5.74) is 6.66. The summed E-state index contributed by atoms with van der Waals surface area (Å²) in [7, 11) is 0. The fourth-order valence-corrected chi connectivity index (χ4v) is 2.69. The predicted molar refractivity (Wildman–Crippen MR) is 78.3 cm³/mol. The number of nitrogens with zero attached hydrogens (tertiary/aromatic N) is 1. The number of phenolic OH excluding ortho intramolecular Hbond substituents is 1. The van der Waals surface area contributed by atoms with E-state index in [9.17, 15) is 20.0 Å². The minimum absolute atomic E-state index is 0.117. The van der Waals surface area contributed by atoms with Crippen LogP contribution in [0.2, 0.25) is 0 Å². The Morgan fingerprint density at radius 3 is 2.71 bits per heavy atom. The highest BCUT2D eigenvalue weighted by atomic mass is 32.2. The Labute approximate surface area is 125 Å². The van der Waals surface area contributed by atoms with E-state index in [4.69, 9.17) is 5.73 Å². The van der Waals surface area contributed by atoms with Gasteiger partial charge in [-0.3, -0.25) is 9.59 Å². The highest BCUT2D eigenvalue weighted by Crippen LogP contribution is 2.33. The van der Waals surface area contributed by atoms with Gasteiger partial charge in [-0.05, 0) is 17.7 Å². The first-order chi connectivity index (χ1) is 10.0. The highest BCUT2D eigenvalue weighted by Gasteiger charge is 2.29. The van der Waals surface area contributed by atoms with Crippen LogP contribution >= 0.6 is 11.8 Å². The van der Waals surface area contributed by atoms with Gasteiger partial charge in [0.05, 0.1) is 11.6 Å². The first-order valence-corrected chi connectivity index (χ1v) is 7.14. The van der Waals surface area contributed by atoms with E-state index in [0.29, 0.717) is 11.3 Å². The lowest BCUT2D eigenvalue weighted by molar-refractivity contribution is -0.121. The average Bonchev–Trinajstić information content (AvgIpc) is 2.45. The maximum absolute atomic E-state index is 11.8. The summed E-state index contributed by atoms with van der Waals surface area (Å²) >= 11 is 0.834. The smallest absolute Gasteiger partial charge is 0.276 e. The maximum atomic E-state index is 11.8. The third kappa shape index (κ3) is 3.55. The van der Waals surface area contributed by atoms with E-state index >= 15 is 0 Å². The molecule has 108 valence electrons. The van der Waals surface area contributed by atoms with Crippen molar-refractivity contribution in [2.24, 2.45) is 5.73 Å². The van der Waals surface area contributed by atoms with Crippen LogP contribution in [0.5, 0.6) is 5.75 Å². The quantitative estimate of drug-likeness (QED) is 0.784. The van der Waals surface area contributed by atoms with Crippen LogP contribution in [-0.4, -0.2) is 22.0 Å². The van der Waals surface area contributed by atoms with E-state index in [1.54, 1.807) is 12.1 Å². The summed E-state index contributed by atoms with van der Waals surface area (Å²) in [4.78, 5) is 22.6. The molecule has 1 unspecified atom stereocenters. The van der Waals surface area contributed by atoms with E-state index in [2.05, 4.69) is 11.4 Å². The number of nitriles is 1. The van der Waals surface area contributed by atoms with Crippen LogP contribution in [0.25, 0.3) is 0 Å². The van der Waals surface area contributed by atoms with Crippen molar-refractivity contribution in [1.82, 2.24) is 5.32 Å². The van der Waals surface area contributed by atoms with Crippen LogP contribution < -0.4 is 11.1 Å². The molecule has 6 nitrogen and oxygen atoms in total. The molecule has 1 aliphatic rings. The molecule has 1 aliphatic heterocycles. The van der Waals surface area contributed by atoms with Crippen molar-refractivity contribution < 1.29 is 14.7 Å². The molecule has 0 fully saturated rings. The van der Waals surface area contributed by atoms with Gasteiger partial charge in [-0.2, -0.15) is 5.26 Å². The van der Waals surface area contributed by atoms with Crippen LogP contribution in [0.15, 0.2) is 35.5 Å². The van der Waals surface area contributed by atoms with Gasteiger partial charge in [-0.1, -0.05) is 23.9 Å². The number of nitrogens with two attached hydrogens (primary N) is 1. The highest BCUT2D eigenvalue weighted by molar-refractivity contribution is 8.13. The number of thioether (sulfide) groups is 1. The normalized spacial score (nSPS) is 18.0. The van der Waals surface area contributed by atoms with Crippen LogP contribution in [0.1, 0.15) is 17.9 Å². The van der Waals surface area contributed by atoms with E-state index in [1.165, 1.54) is 12.1 Å². The predicted octanol–water partition coefficient (Wildman–Crippen LogP) is 1.59. The zero-order chi connectivity index (χ0) is 15.4. The summed E-state index contributed by atoms with van der Waals surface area (Å²) in [5.74, 6) is -0.329. The van der Waals surface area contributed by atoms with E-state index in [0.717, 1.165) is 17.3 Å². The summed E-state index contributed by atoms with van der Waals surface area (Å²) in [6, 6.07) is 8.47. The lowest BCUT2D eigenvalue weighted by atomic mass is 9.85. The van der Waals surface area contributed by atoms with Crippen LogP contribution in [-0.2, 0) is 4.79 Å². The number of benzene rings is 1. The number of primary amides is 1. The Kier molecular flexibility index (Phi) is 4.50. The van der Waals surface area contributed by atoms with E-state index in [-0.39, 0.29) is 29.7 Å². The summed E-state index contributed by atoms with van der Waals surface area (Å²) in [6.45, 7) is 0. The minimum Gasteiger partial charge on any atom is -0.508 e. The monoisotopic (exact) mass is 303 g/mol. The Balaban J connectivity index is 2.36. The number of rotatable bonds is 3. The number of hydrogen-bond donors (Lipinski definition) is 3. The molecule has 0 saturated heterocycles. The lowest BCUT2D eigenvalue weighted by Crippen LogP contribution is -2.33. The molecule has 1 aromatic rings. The van der Waals surface area contributed by atoms with E-state index in [1.807, 2.05) is 0 Å². The van der Waals surface area contributed by atoms with E-state index < -0.39 is 5.24 Å². The molecular formula is C14H13N3O3S. The van der Waals surface area contributed by atoms with Crippen molar-refractivity contribution in [3.05, 3.63) is 41.1 Å². The molecule has 7 heteroatoms. The number of amides is 2. The first kappa shape index (κ1) is 14.9. The molecule has 4 N–H and O–H groups in total. The number of carbonyl (C=O) groups excluding carboxylic acids is 2. The molecule has 0 aromatic heterocycles. The number of nitrogens with one attached hydrogen (secondary N) is 1. The van der Waals surface area contributed by atoms with Crippen LogP contribution in [0.4, 0.5) is 4.79 Å². The van der Waals surface area contributed by atoms with Gasteiger partial charge in [-0.15, -0.1) is 0 Å². The second-order valence-electron chi connectivity index (χ2n) is 4.51. The summed E-state index contributed by atoms with van der Waals surface area (Å²) in [5, 5.41) is 20.7. The maximum Gasteiger partial charge on any atom is 0.276 e. The van der Waals surface area contributed by atoms with Crippen molar-refractivity contribution >= 4 is 22.9 Å². The fraction of sp³-hybridized carbons (Fsp3) is 0.214. The molecule has 0 aliphatic carbocycles. The molecular weight excluding hydrogens is 290 g/mol. The molecule has 1 heterocycles. The summed E-state index contributed by atoms with van der Waals surface area (Å²) in [6.07, 6.45) is 0.151. The van der Waals surface area contributed by atoms with Crippen molar-refractivity contribution in [2.75, 3.05) is 5.75 Å².